The fourth-order valence-electron chi connectivity index (χ4n) is 2.65. The third-order valence-corrected chi connectivity index (χ3v) is 4.60. The lowest BCUT2D eigenvalue weighted by Crippen LogP contribution is -3.14. The molecule has 0 radical (unpaired) electrons. The molecule has 10 nitrogen and oxygen atoms in total. The molecule has 0 aliphatic carbocycles. The summed E-state index contributed by atoms with van der Waals surface area (Å²) < 4.78 is 10.2. The van der Waals surface area contributed by atoms with Crippen LogP contribution in [0.15, 0.2) is 42.5 Å². The van der Waals surface area contributed by atoms with Gasteiger partial charge >= 0.3 is 0 Å². The zero-order valence-electron chi connectivity index (χ0n) is 17.2. The van der Waals surface area contributed by atoms with Gasteiger partial charge in [-0.2, -0.15) is 0 Å². The van der Waals surface area contributed by atoms with E-state index in [0.29, 0.717) is 22.0 Å². The molecule has 0 spiro atoms. The zero-order chi connectivity index (χ0) is 22.3. The predicted octanol–water partition coefficient (Wildman–Crippen LogP) is 1.09. The van der Waals surface area contributed by atoms with Crippen molar-refractivity contribution in [1.29, 1.82) is 0 Å². The van der Waals surface area contributed by atoms with E-state index < -0.39 is 11.0 Å². The first kappa shape index (κ1) is 22.6. The minimum absolute atomic E-state index is 0.0675. The first-order valence-electron chi connectivity index (χ1n) is 9.14. The van der Waals surface area contributed by atoms with Crippen LogP contribution in [-0.2, 0) is 9.59 Å². The molecule has 0 aliphatic heterocycles. The number of amides is 2. The van der Waals surface area contributed by atoms with Gasteiger partial charge in [-0.05, 0) is 37.3 Å². The maximum atomic E-state index is 12.6. The van der Waals surface area contributed by atoms with Crippen LogP contribution in [0.3, 0.4) is 0 Å². The molecular formula is C20H25N4O6+. The number of nitro benzene ring substituents is 1. The molecular weight excluding hydrogens is 392 g/mol. The van der Waals surface area contributed by atoms with Gasteiger partial charge in [0.15, 0.2) is 12.6 Å². The second-order valence-corrected chi connectivity index (χ2v) is 6.65. The summed E-state index contributed by atoms with van der Waals surface area (Å²) in [5.41, 5.74) is 0.799. The fraction of sp³-hybridized carbons (Fsp3) is 0.300. The molecule has 2 aromatic rings. The third-order valence-electron chi connectivity index (χ3n) is 4.60. The highest BCUT2D eigenvalue weighted by molar-refractivity contribution is 5.95. The second kappa shape index (κ2) is 10.2. The van der Waals surface area contributed by atoms with E-state index in [9.17, 15) is 19.7 Å². The average molecular weight is 417 g/mol. The monoisotopic (exact) mass is 417 g/mol. The SMILES string of the molecule is COc1ccc(NC(=O)C[NH+](C)[C@H](C)C(=O)Nc2ccc([N+](=O)[O-])cc2OC)cc1. The maximum absolute atomic E-state index is 12.6. The van der Waals surface area contributed by atoms with Crippen molar-refractivity contribution in [2.24, 2.45) is 0 Å². The molecule has 0 saturated carbocycles. The van der Waals surface area contributed by atoms with Gasteiger partial charge in [-0.1, -0.05) is 0 Å². The molecule has 0 aromatic heterocycles. The van der Waals surface area contributed by atoms with Crippen molar-refractivity contribution >= 4 is 28.9 Å². The average Bonchev–Trinajstić information content (AvgIpc) is 2.73. The summed E-state index contributed by atoms with van der Waals surface area (Å²) in [6.45, 7) is 1.75. The van der Waals surface area contributed by atoms with Crippen LogP contribution in [-0.4, -0.2) is 50.6 Å². The van der Waals surface area contributed by atoms with Gasteiger partial charge in [0, 0.05) is 11.8 Å². The van der Waals surface area contributed by atoms with Crippen molar-refractivity contribution < 1.29 is 28.9 Å². The largest absolute Gasteiger partial charge is 0.497 e. The first-order chi connectivity index (χ1) is 14.2. The van der Waals surface area contributed by atoms with Crippen molar-refractivity contribution in [2.45, 2.75) is 13.0 Å². The smallest absolute Gasteiger partial charge is 0.282 e. The van der Waals surface area contributed by atoms with Gasteiger partial charge in [-0.25, -0.2) is 0 Å². The Morgan fingerprint density at radius 3 is 2.33 bits per heavy atom. The van der Waals surface area contributed by atoms with Crippen LogP contribution in [0.25, 0.3) is 0 Å². The fourth-order valence-corrected chi connectivity index (χ4v) is 2.65. The van der Waals surface area contributed by atoms with Gasteiger partial charge in [-0.3, -0.25) is 19.7 Å². The van der Waals surface area contributed by atoms with Crippen LogP contribution in [0.5, 0.6) is 11.5 Å². The summed E-state index contributed by atoms with van der Waals surface area (Å²) in [4.78, 5) is 35.9. The molecule has 0 saturated heterocycles. The number of likely N-dealkylation sites (N-methyl/N-ethyl adjacent to an activating group) is 1. The number of anilines is 2. The summed E-state index contributed by atoms with van der Waals surface area (Å²) in [6.07, 6.45) is 0. The lowest BCUT2D eigenvalue weighted by atomic mass is 10.2. The highest BCUT2D eigenvalue weighted by Gasteiger charge is 2.25. The van der Waals surface area contributed by atoms with Gasteiger partial charge in [0.2, 0.25) is 0 Å². The highest BCUT2D eigenvalue weighted by Crippen LogP contribution is 2.28. The van der Waals surface area contributed by atoms with Crippen molar-refractivity contribution in [1.82, 2.24) is 0 Å². The van der Waals surface area contributed by atoms with Crippen LogP contribution < -0.4 is 25.0 Å². The summed E-state index contributed by atoms with van der Waals surface area (Å²) in [6, 6.07) is 10.3. The van der Waals surface area contributed by atoms with E-state index in [0.717, 1.165) is 0 Å². The predicted molar refractivity (Wildman–Crippen MR) is 111 cm³/mol. The van der Waals surface area contributed by atoms with E-state index in [2.05, 4.69) is 10.6 Å². The van der Waals surface area contributed by atoms with E-state index >= 15 is 0 Å². The number of hydrogen-bond acceptors (Lipinski definition) is 6. The molecule has 3 N–H and O–H groups in total. The van der Waals surface area contributed by atoms with Crippen LogP contribution in [0.4, 0.5) is 17.1 Å². The Hall–Kier alpha value is -3.66. The number of nitrogens with zero attached hydrogens (tertiary/aromatic N) is 1. The molecule has 2 atom stereocenters. The Kier molecular flexibility index (Phi) is 7.70. The number of carbonyl (C=O) groups is 2. The number of non-ortho nitro benzene ring substituents is 1. The minimum Gasteiger partial charge on any atom is -0.497 e. The second-order valence-electron chi connectivity index (χ2n) is 6.65. The quantitative estimate of drug-likeness (QED) is 0.414. The molecule has 0 heterocycles. The van der Waals surface area contributed by atoms with Gasteiger partial charge in [0.25, 0.3) is 17.5 Å². The number of hydrogen-bond donors (Lipinski definition) is 3. The van der Waals surface area contributed by atoms with E-state index in [1.807, 2.05) is 0 Å². The number of rotatable bonds is 9. The number of nitrogens with one attached hydrogen (secondary N) is 3. The van der Waals surface area contributed by atoms with Crippen LogP contribution >= 0.6 is 0 Å². The number of ether oxygens (including phenoxy) is 2. The molecule has 2 rings (SSSR count). The highest BCUT2D eigenvalue weighted by atomic mass is 16.6. The van der Waals surface area contributed by atoms with E-state index in [4.69, 9.17) is 9.47 Å². The van der Waals surface area contributed by atoms with E-state index in [1.165, 1.54) is 25.3 Å². The Balaban J connectivity index is 1.96. The van der Waals surface area contributed by atoms with Crippen molar-refractivity contribution in [3.8, 4) is 11.5 Å². The Morgan fingerprint density at radius 2 is 1.77 bits per heavy atom. The molecule has 0 fully saturated rings. The summed E-state index contributed by atoms with van der Waals surface area (Å²) >= 11 is 0. The number of carbonyl (C=O) groups excluding carboxylic acids is 2. The number of methoxy groups -OCH3 is 2. The molecule has 30 heavy (non-hydrogen) atoms. The number of benzene rings is 2. The topological polar surface area (TPSA) is 124 Å². The summed E-state index contributed by atoms with van der Waals surface area (Å²) in [5, 5.41) is 16.3. The minimum atomic E-state index is -0.563. The van der Waals surface area contributed by atoms with E-state index in [1.54, 1.807) is 45.3 Å². The van der Waals surface area contributed by atoms with Crippen LogP contribution in [0.2, 0.25) is 0 Å². The number of nitro groups is 1. The molecule has 0 aliphatic rings. The molecule has 2 aromatic carbocycles. The first-order valence-corrected chi connectivity index (χ1v) is 9.14. The third kappa shape index (κ3) is 5.92. The van der Waals surface area contributed by atoms with Crippen molar-refractivity contribution in [2.75, 3.05) is 38.4 Å². The van der Waals surface area contributed by atoms with Gasteiger partial charge in [0.1, 0.15) is 11.5 Å². The summed E-state index contributed by atoms with van der Waals surface area (Å²) in [5.74, 6) is 0.268. The molecule has 160 valence electrons. The van der Waals surface area contributed by atoms with Gasteiger partial charge in [-0.15, -0.1) is 0 Å². The van der Waals surface area contributed by atoms with Gasteiger partial charge in [0.05, 0.1) is 37.9 Å². The Labute approximate surface area is 173 Å². The van der Waals surface area contributed by atoms with Crippen molar-refractivity contribution in [3.63, 3.8) is 0 Å². The number of quaternary nitrogens is 1. The van der Waals surface area contributed by atoms with Crippen LogP contribution in [0, 0.1) is 10.1 Å². The standard InChI is InChI=1S/C20H24N4O6/c1-13(20(26)22-17-10-7-15(24(27)28)11-18(17)30-4)23(2)12-19(25)21-14-5-8-16(29-3)9-6-14/h5-11,13H,12H2,1-4H3,(H,21,25)(H,22,26)/p+1/t13-/m1/s1. The zero-order valence-corrected chi connectivity index (χ0v) is 17.2. The molecule has 10 heteroatoms. The normalized spacial score (nSPS) is 12.4. The van der Waals surface area contributed by atoms with Crippen LogP contribution in [0.1, 0.15) is 6.92 Å². The van der Waals surface area contributed by atoms with Crippen molar-refractivity contribution in [3.05, 3.63) is 52.6 Å². The molecule has 1 unspecified atom stereocenters. The lowest BCUT2D eigenvalue weighted by Gasteiger charge is -2.21. The Bertz CT molecular complexity index is 916. The lowest BCUT2D eigenvalue weighted by molar-refractivity contribution is -0.885. The van der Waals surface area contributed by atoms with Gasteiger partial charge < -0.3 is 25.0 Å². The molecule has 2 amide bonds. The van der Waals surface area contributed by atoms with E-state index in [-0.39, 0.29) is 29.8 Å². The Morgan fingerprint density at radius 1 is 1.10 bits per heavy atom. The maximum Gasteiger partial charge on any atom is 0.282 e. The summed E-state index contributed by atoms with van der Waals surface area (Å²) in [7, 11) is 4.65. The molecule has 0 bridgehead atoms.